The predicted molar refractivity (Wildman–Crippen MR) is 106 cm³/mol. The largest absolute Gasteiger partial charge is 0.497 e. The van der Waals surface area contributed by atoms with Gasteiger partial charge in [0.1, 0.15) is 11.5 Å². The highest BCUT2D eigenvalue weighted by atomic mass is 16.5. The SMILES string of the molecule is CCNCCCOc1ccc2c(c1)CN(C)CC2c1ccc(OC)cc1. The van der Waals surface area contributed by atoms with Crippen LogP contribution in [0.1, 0.15) is 36.0 Å². The highest BCUT2D eigenvalue weighted by molar-refractivity contribution is 5.45. The number of hydrogen-bond donors (Lipinski definition) is 1. The summed E-state index contributed by atoms with van der Waals surface area (Å²) in [6.45, 7) is 6.89. The molecule has 2 aromatic rings. The van der Waals surface area contributed by atoms with Crippen LogP contribution in [0.15, 0.2) is 42.5 Å². The molecule has 1 unspecified atom stereocenters. The lowest BCUT2D eigenvalue weighted by Gasteiger charge is -2.33. The monoisotopic (exact) mass is 354 g/mol. The zero-order valence-corrected chi connectivity index (χ0v) is 16.1. The van der Waals surface area contributed by atoms with E-state index in [1.165, 1.54) is 16.7 Å². The van der Waals surface area contributed by atoms with Gasteiger partial charge in [-0.1, -0.05) is 25.1 Å². The molecule has 1 heterocycles. The Bertz CT molecular complexity index is 700. The van der Waals surface area contributed by atoms with Crippen molar-refractivity contribution >= 4 is 0 Å². The minimum Gasteiger partial charge on any atom is -0.497 e. The first-order valence-corrected chi connectivity index (χ1v) is 9.50. The molecule has 0 aliphatic carbocycles. The first kappa shape index (κ1) is 18.7. The van der Waals surface area contributed by atoms with Crippen molar-refractivity contribution in [1.82, 2.24) is 10.2 Å². The third kappa shape index (κ3) is 4.57. The normalized spacial score (nSPS) is 17.0. The Morgan fingerprint density at radius 3 is 2.62 bits per heavy atom. The molecule has 1 aliphatic rings. The molecule has 4 nitrogen and oxygen atoms in total. The molecule has 0 fully saturated rings. The van der Waals surface area contributed by atoms with E-state index in [2.05, 4.69) is 54.5 Å². The molecular weight excluding hydrogens is 324 g/mol. The van der Waals surface area contributed by atoms with Gasteiger partial charge in [-0.15, -0.1) is 0 Å². The summed E-state index contributed by atoms with van der Waals surface area (Å²) < 4.78 is 11.2. The predicted octanol–water partition coefficient (Wildman–Crippen LogP) is 3.65. The summed E-state index contributed by atoms with van der Waals surface area (Å²) in [5.74, 6) is 2.26. The molecule has 0 amide bonds. The third-order valence-electron chi connectivity index (χ3n) is 4.96. The Balaban J connectivity index is 1.73. The van der Waals surface area contributed by atoms with E-state index < -0.39 is 0 Å². The van der Waals surface area contributed by atoms with E-state index in [1.807, 2.05) is 12.1 Å². The van der Waals surface area contributed by atoms with Crippen molar-refractivity contribution in [2.75, 3.05) is 40.4 Å². The average Bonchev–Trinajstić information content (AvgIpc) is 2.67. The molecule has 2 aromatic carbocycles. The Morgan fingerprint density at radius 1 is 1.12 bits per heavy atom. The Labute approximate surface area is 157 Å². The Hall–Kier alpha value is -2.04. The average molecular weight is 354 g/mol. The van der Waals surface area contributed by atoms with Crippen molar-refractivity contribution in [3.05, 3.63) is 59.2 Å². The van der Waals surface area contributed by atoms with Crippen LogP contribution in [-0.2, 0) is 6.54 Å². The van der Waals surface area contributed by atoms with Gasteiger partial charge in [0.05, 0.1) is 13.7 Å². The maximum Gasteiger partial charge on any atom is 0.119 e. The van der Waals surface area contributed by atoms with Crippen molar-refractivity contribution < 1.29 is 9.47 Å². The number of fused-ring (bicyclic) bond motifs is 1. The molecule has 1 atom stereocenters. The smallest absolute Gasteiger partial charge is 0.119 e. The zero-order valence-electron chi connectivity index (χ0n) is 16.1. The summed E-state index contributed by atoms with van der Waals surface area (Å²) in [5.41, 5.74) is 4.11. The van der Waals surface area contributed by atoms with Crippen LogP contribution in [-0.4, -0.2) is 45.3 Å². The van der Waals surface area contributed by atoms with Crippen molar-refractivity contribution in [3.63, 3.8) is 0 Å². The maximum absolute atomic E-state index is 5.95. The summed E-state index contributed by atoms with van der Waals surface area (Å²) in [6.07, 6.45) is 1.03. The van der Waals surface area contributed by atoms with Gasteiger partial charge in [-0.05, 0) is 67.5 Å². The number of benzene rings is 2. The lowest BCUT2D eigenvalue weighted by molar-refractivity contribution is 0.288. The molecule has 0 saturated carbocycles. The van der Waals surface area contributed by atoms with E-state index in [1.54, 1.807) is 7.11 Å². The summed E-state index contributed by atoms with van der Waals surface area (Å²) in [6, 6.07) is 15.0. The fourth-order valence-corrected chi connectivity index (χ4v) is 3.60. The molecule has 0 radical (unpaired) electrons. The molecule has 140 valence electrons. The third-order valence-corrected chi connectivity index (χ3v) is 4.96. The number of methoxy groups -OCH3 is 1. The molecule has 0 bridgehead atoms. The molecule has 4 heteroatoms. The van der Waals surface area contributed by atoms with Crippen LogP contribution in [0.5, 0.6) is 11.5 Å². The lowest BCUT2D eigenvalue weighted by Crippen LogP contribution is -2.31. The zero-order chi connectivity index (χ0) is 18.4. The molecule has 0 spiro atoms. The second kappa shape index (κ2) is 9.06. The van der Waals surface area contributed by atoms with Crippen LogP contribution in [0.25, 0.3) is 0 Å². The molecule has 3 rings (SSSR count). The van der Waals surface area contributed by atoms with Gasteiger partial charge in [-0.3, -0.25) is 0 Å². The van der Waals surface area contributed by atoms with E-state index in [9.17, 15) is 0 Å². The van der Waals surface area contributed by atoms with Crippen molar-refractivity contribution in [3.8, 4) is 11.5 Å². The quantitative estimate of drug-likeness (QED) is 0.734. The summed E-state index contributed by atoms with van der Waals surface area (Å²) in [4.78, 5) is 2.38. The van der Waals surface area contributed by atoms with E-state index in [-0.39, 0.29) is 0 Å². The first-order chi connectivity index (χ1) is 12.7. The van der Waals surface area contributed by atoms with Gasteiger partial charge in [-0.2, -0.15) is 0 Å². The van der Waals surface area contributed by atoms with Gasteiger partial charge in [0.15, 0.2) is 0 Å². The van der Waals surface area contributed by atoms with Crippen LogP contribution in [0.4, 0.5) is 0 Å². The fourth-order valence-electron chi connectivity index (χ4n) is 3.60. The van der Waals surface area contributed by atoms with Gasteiger partial charge in [0.2, 0.25) is 0 Å². The van der Waals surface area contributed by atoms with Crippen LogP contribution >= 0.6 is 0 Å². The second-order valence-corrected chi connectivity index (χ2v) is 6.94. The Morgan fingerprint density at radius 2 is 1.88 bits per heavy atom. The number of rotatable bonds is 8. The standard InChI is InChI=1S/C22H30N2O2/c1-4-23-12-5-13-26-20-10-11-21-18(14-20)15-24(2)16-22(21)17-6-8-19(25-3)9-7-17/h6-11,14,22-23H,4-5,12-13,15-16H2,1-3H3. The van der Waals surface area contributed by atoms with Crippen LogP contribution in [0.2, 0.25) is 0 Å². The van der Waals surface area contributed by atoms with Crippen LogP contribution in [0, 0.1) is 0 Å². The van der Waals surface area contributed by atoms with Crippen molar-refractivity contribution in [2.24, 2.45) is 0 Å². The fraction of sp³-hybridized carbons (Fsp3) is 0.455. The van der Waals surface area contributed by atoms with Crippen LogP contribution < -0.4 is 14.8 Å². The minimum atomic E-state index is 0.387. The lowest BCUT2D eigenvalue weighted by atomic mass is 9.84. The van der Waals surface area contributed by atoms with Gasteiger partial charge in [0.25, 0.3) is 0 Å². The van der Waals surface area contributed by atoms with E-state index in [0.29, 0.717) is 5.92 Å². The summed E-state index contributed by atoms with van der Waals surface area (Å²) >= 11 is 0. The molecular formula is C22H30N2O2. The number of ether oxygens (including phenoxy) is 2. The highest BCUT2D eigenvalue weighted by Gasteiger charge is 2.25. The minimum absolute atomic E-state index is 0.387. The molecule has 1 N–H and O–H groups in total. The second-order valence-electron chi connectivity index (χ2n) is 6.94. The number of likely N-dealkylation sites (N-methyl/N-ethyl adjacent to an activating group) is 1. The number of hydrogen-bond acceptors (Lipinski definition) is 4. The molecule has 0 saturated heterocycles. The number of nitrogens with zero attached hydrogens (tertiary/aromatic N) is 1. The van der Waals surface area contributed by atoms with Crippen molar-refractivity contribution in [2.45, 2.75) is 25.8 Å². The highest BCUT2D eigenvalue weighted by Crippen LogP contribution is 2.35. The van der Waals surface area contributed by atoms with Gasteiger partial charge < -0.3 is 19.7 Å². The van der Waals surface area contributed by atoms with E-state index in [4.69, 9.17) is 9.47 Å². The van der Waals surface area contributed by atoms with Crippen molar-refractivity contribution in [1.29, 1.82) is 0 Å². The molecule has 26 heavy (non-hydrogen) atoms. The van der Waals surface area contributed by atoms with E-state index in [0.717, 1.165) is 50.7 Å². The van der Waals surface area contributed by atoms with Crippen LogP contribution in [0.3, 0.4) is 0 Å². The maximum atomic E-state index is 5.95. The topological polar surface area (TPSA) is 33.7 Å². The van der Waals surface area contributed by atoms with Gasteiger partial charge >= 0.3 is 0 Å². The van der Waals surface area contributed by atoms with Gasteiger partial charge in [0, 0.05) is 19.0 Å². The summed E-state index contributed by atoms with van der Waals surface area (Å²) in [7, 11) is 3.89. The Kier molecular flexibility index (Phi) is 6.53. The summed E-state index contributed by atoms with van der Waals surface area (Å²) in [5, 5.41) is 3.33. The number of nitrogens with one attached hydrogen (secondary N) is 1. The van der Waals surface area contributed by atoms with E-state index >= 15 is 0 Å². The van der Waals surface area contributed by atoms with Gasteiger partial charge in [-0.25, -0.2) is 0 Å². The first-order valence-electron chi connectivity index (χ1n) is 9.50. The molecule has 0 aromatic heterocycles. The molecule has 1 aliphatic heterocycles.